The fourth-order valence-electron chi connectivity index (χ4n) is 6.02. The van der Waals surface area contributed by atoms with Crippen LogP contribution < -0.4 is 11.1 Å². The van der Waals surface area contributed by atoms with Gasteiger partial charge >= 0.3 is 5.97 Å². The van der Waals surface area contributed by atoms with E-state index < -0.39 is 0 Å². The molecule has 0 unspecified atom stereocenters. The maximum atomic E-state index is 13.9. The number of imidazole rings is 2. The first-order chi connectivity index (χ1) is 19.0. The minimum absolute atomic E-state index is 0.160. The quantitative estimate of drug-likeness (QED) is 0.247. The molecule has 0 radical (unpaired) electrons. The Bertz CT molecular complexity index is 2420. The second-order valence-corrected chi connectivity index (χ2v) is 9.84. The van der Waals surface area contributed by atoms with Gasteiger partial charge in [-0.15, -0.1) is 0 Å². The monoisotopic (exact) mass is 512 g/mol. The van der Waals surface area contributed by atoms with E-state index in [1.54, 1.807) is 27.9 Å². The standard InChI is InChI=1S/C31H20N4O4/c1-2-39-25(36)14-8-16-7-13-24-22(15-16)33-29-18-10-9-17-26-19(11-12-20(27(18)26)31(38)35(24)29)30(37)34-23-6-4-3-5-21(23)32-28(17)34/h3-7,9-13,15H,2,8,14H2,1H3. The van der Waals surface area contributed by atoms with E-state index in [2.05, 4.69) is 0 Å². The molecule has 4 aromatic carbocycles. The first kappa shape index (κ1) is 21.9. The van der Waals surface area contributed by atoms with Crippen molar-refractivity contribution in [3.8, 4) is 0 Å². The number of benzene rings is 4. The Kier molecular flexibility index (Phi) is 4.33. The lowest BCUT2D eigenvalue weighted by Crippen LogP contribution is -2.16. The van der Waals surface area contributed by atoms with Crippen LogP contribution in [-0.2, 0) is 16.0 Å². The second-order valence-electron chi connectivity index (χ2n) is 9.84. The average Bonchev–Trinajstić information content (AvgIpc) is 3.53. The number of aryl methyl sites for hydroxylation is 1. The molecule has 0 atom stereocenters. The Morgan fingerprint density at radius 1 is 0.744 bits per heavy atom. The molecule has 0 bridgehead atoms. The summed E-state index contributed by atoms with van der Waals surface area (Å²) in [6, 6.07) is 20.7. The van der Waals surface area contributed by atoms with Gasteiger partial charge in [-0.05, 0) is 67.4 Å². The lowest BCUT2D eigenvalue weighted by molar-refractivity contribution is -0.143. The molecule has 0 aliphatic rings. The van der Waals surface area contributed by atoms with Crippen molar-refractivity contribution in [3.05, 3.63) is 93.0 Å². The molecule has 0 aliphatic heterocycles. The fourth-order valence-corrected chi connectivity index (χ4v) is 6.02. The van der Waals surface area contributed by atoms with Crippen LogP contribution in [0.25, 0.3) is 65.7 Å². The van der Waals surface area contributed by atoms with Crippen molar-refractivity contribution in [1.29, 1.82) is 0 Å². The number of hydrogen-bond acceptors (Lipinski definition) is 6. The molecule has 39 heavy (non-hydrogen) atoms. The number of hydrogen-bond donors (Lipinski definition) is 0. The summed E-state index contributed by atoms with van der Waals surface area (Å²) >= 11 is 0. The zero-order valence-corrected chi connectivity index (χ0v) is 20.9. The number of carbonyl (C=O) groups is 1. The van der Waals surface area contributed by atoms with Gasteiger partial charge in [-0.3, -0.25) is 23.2 Å². The summed E-state index contributed by atoms with van der Waals surface area (Å²) in [6.07, 6.45) is 0.803. The van der Waals surface area contributed by atoms with E-state index >= 15 is 0 Å². The molecule has 0 saturated heterocycles. The summed E-state index contributed by atoms with van der Waals surface area (Å²) in [5, 5.41) is 4.15. The largest absolute Gasteiger partial charge is 0.466 e. The van der Waals surface area contributed by atoms with Gasteiger partial charge < -0.3 is 4.74 Å². The number of para-hydroxylation sites is 2. The van der Waals surface area contributed by atoms with E-state index in [0.29, 0.717) is 46.1 Å². The van der Waals surface area contributed by atoms with Crippen LogP contribution in [0, 0.1) is 0 Å². The molecule has 4 aromatic heterocycles. The number of carbonyl (C=O) groups excluding carboxylic acids is 1. The number of esters is 1. The molecule has 0 saturated carbocycles. The summed E-state index contributed by atoms with van der Waals surface area (Å²) in [7, 11) is 0. The van der Waals surface area contributed by atoms with Crippen molar-refractivity contribution in [2.24, 2.45) is 0 Å². The number of nitrogens with zero attached hydrogens (tertiary/aromatic N) is 4. The van der Waals surface area contributed by atoms with Gasteiger partial charge in [0.25, 0.3) is 11.1 Å². The average molecular weight is 513 g/mol. The van der Waals surface area contributed by atoms with Gasteiger partial charge in [0.05, 0.1) is 28.7 Å². The summed E-state index contributed by atoms with van der Waals surface area (Å²) in [6.45, 7) is 2.14. The first-order valence-corrected chi connectivity index (χ1v) is 12.9. The molecule has 0 aliphatic carbocycles. The first-order valence-electron chi connectivity index (χ1n) is 12.9. The number of pyridine rings is 2. The third-order valence-electron chi connectivity index (χ3n) is 7.71. The SMILES string of the molecule is CCOC(=O)CCc1ccc2c(c1)nc1c3ccc4c5c(ccc(c(=O)n21)c35)c(=O)n1c2ccccc2nc41. The molecular formula is C31H20N4O4. The van der Waals surface area contributed by atoms with Gasteiger partial charge in [0.1, 0.15) is 11.3 Å². The molecule has 8 nitrogen and oxygen atoms in total. The minimum Gasteiger partial charge on any atom is -0.466 e. The van der Waals surface area contributed by atoms with Crippen LogP contribution in [0.2, 0.25) is 0 Å². The van der Waals surface area contributed by atoms with E-state index in [1.807, 2.05) is 54.6 Å². The maximum absolute atomic E-state index is 13.9. The smallest absolute Gasteiger partial charge is 0.306 e. The molecule has 8 aromatic rings. The van der Waals surface area contributed by atoms with Crippen LogP contribution >= 0.6 is 0 Å². The predicted molar refractivity (Wildman–Crippen MR) is 151 cm³/mol. The predicted octanol–water partition coefficient (Wildman–Crippen LogP) is 4.84. The van der Waals surface area contributed by atoms with Crippen LogP contribution in [0.5, 0.6) is 0 Å². The van der Waals surface area contributed by atoms with Crippen molar-refractivity contribution < 1.29 is 9.53 Å². The van der Waals surface area contributed by atoms with Gasteiger partial charge in [-0.25, -0.2) is 9.97 Å². The Morgan fingerprint density at radius 3 is 2.00 bits per heavy atom. The highest BCUT2D eigenvalue weighted by Crippen LogP contribution is 2.36. The van der Waals surface area contributed by atoms with Crippen LogP contribution in [0.3, 0.4) is 0 Å². The highest BCUT2D eigenvalue weighted by Gasteiger charge is 2.22. The van der Waals surface area contributed by atoms with Gasteiger partial charge in [0, 0.05) is 38.7 Å². The van der Waals surface area contributed by atoms with Gasteiger partial charge in [-0.1, -0.05) is 18.2 Å². The molecule has 188 valence electrons. The molecule has 0 amide bonds. The van der Waals surface area contributed by atoms with E-state index in [-0.39, 0.29) is 23.5 Å². The lowest BCUT2D eigenvalue weighted by atomic mass is 9.96. The Labute approximate surface area is 219 Å². The molecule has 4 heterocycles. The van der Waals surface area contributed by atoms with Gasteiger partial charge in [0.15, 0.2) is 0 Å². The normalized spacial score (nSPS) is 12.3. The van der Waals surface area contributed by atoms with Crippen molar-refractivity contribution in [2.75, 3.05) is 6.61 Å². The van der Waals surface area contributed by atoms with Crippen molar-refractivity contribution >= 4 is 71.6 Å². The van der Waals surface area contributed by atoms with Crippen LogP contribution in [0.15, 0.2) is 76.3 Å². The highest BCUT2D eigenvalue weighted by molar-refractivity contribution is 6.27. The van der Waals surface area contributed by atoms with E-state index in [0.717, 1.165) is 38.1 Å². The number of rotatable bonds is 4. The van der Waals surface area contributed by atoms with Crippen molar-refractivity contribution in [2.45, 2.75) is 19.8 Å². The minimum atomic E-state index is -0.241. The third kappa shape index (κ3) is 2.85. The Balaban J connectivity index is 1.44. The summed E-state index contributed by atoms with van der Waals surface area (Å²) < 4.78 is 8.35. The number of ether oxygens (including phenoxy) is 1. The molecule has 8 rings (SSSR count). The van der Waals surface area contributed by atoms with Gasteiger partial charge in [-0.2, -0.15) is 0 Å². The number of aromatic nitrogens is 4. The molecule has 8 heteroatoms. The molecule has 0 spiro atoms. The van der Waals surface area contributed by atoms with Crippen molar-refractivity contribution in [1.82, 2.24) is 18.8 Å². The lowest BCUT2D eigenvalue weighted by Gasteiger charge is -2.12. The zero-order valence-electron chi connectivity index (χ0n) is 20.9. The van der Waals surface area contributed by atoms with Crippen LogP contribution in [0.4, 0.5) is 0 Å². The van der Waals surface area contributed by atoms with E-state index in [4.69, 9.17) is 14.7 Å². The van der Waals surface area contributed by atoms with E-state index in [9.17, 15) is 14.4 Å². The maximum Gasteiger partial charge on any atom is 0.306 e. The molecule has 0 fully saturated rings. The molecule has 0 N–H and O–H groups in total. The summed E-state index contributed by atoms with van der Waals surface area (Å²) in [4.78, 5) is 49.1. The topological polar surface area (TPSA) is 95.0 Å². The zero-order chi connectivity index (χ0) is 26.4. The summed E-state index contributed by atoms with van der Waals surface area (Å²) in [5.74, 6) is -0.241. The van der Waals surface area contributed by atoms with Gasteiger partial charge in [0.2, 0.25) is 0 Å². The second kappa shape index (κ2) is 7.70. The summed E-state index contributed by atoms with van der Waals surface area (Å²) in [5.41, 5.74) is 4.60. The fraction of sp³-hybridized carbons (Fsp3) is 0.129. The Morgan fingerprint density at radius 2 is 1.33 bits per heavy atom. The third-order valence-corrected chi connectivity index (χ3v) is 7.71. The van der Waals surface area contributed by atoms with E-state index in [1.165, 1.54) is 0 Å². The van der Waals surface area contributed by atoms with Crippen LogP contribution in [-0.4, -0.2) is 31.3 Å². The highest BCUT2D eigenvalue weighted by atomic mass is 16.5. The van der Waals surface area contributed by atoms with Crippen LogP contribution in [0.1, 0.15) is 18.9 Å². The van der Waals surface area contributed by atoms with Crippen molar-refractivity contribution in [3.63, 3.8) is 0 Å². The number of fused-ring (bicyclic) bond motifs is 8. The Hall–Kier alpha value is -5.11. The molecular weight excluding hydrogens is 492 g/mol.